The SMILES string of the molecule is CC/C=C\C/C=C\C/C=C\C/C=C\C/C=C\C/C=C\C/C=C\C/C=C\CCCCCCCCC(=O)NC(COP(=O)(O)OCC[N+](C)(C)C)C(O)CCCCCCCCCCCCCCCCCCCC. The number of phosphoric ester groups is 1. The highest BCUT2D eigenvalue weighted by Crippen LogP contribution is 2.43. The van der Waals surface area contributed by atoms with Crippen LogP contribution < -0.4 is 5.32 Å². The number of nitrogens with one attached hydrogen (secondary N) is 1. The number of amides is 1. The maximum atomic E-state index is 13.0. The van der Waals surface area contributed by atoms with Gasteiger partial charge in [-0.05, 0) is 77.0 Å². The van der Waals surface area contributed by atoms with Gasteiger partial charge >= 0.3 is 7.82 Å². The number of allylic oxidation sites excluding steroid dienone is 16. The van der Waals surface area contributed by atoms with Gasteiger partial charge in [0.1, 0.15) is 13.2 Å². The predicted octanol–water partition coefficient (Wildman–Crippen LogP) is 17.8. The smallest absolute Gasteiger partial charge is 0.391 e. The van der Waals surface area contributed by atoms with Crippen LogP contribution >= 0.6 is 7.82 Å². The van der Waals surface area contributed by atoms with Crippen LogP contribution in [-0.2, 0) is 18.4 Å². The van der Waals surface area contributed by atoms with Crippen molar-refractivity contribution in [2.24, 2.45) is 0 Å². The summed E-state index contributed by atoms with van der Waals surface area (Å²) in [6.45, 7) is 4.77. The first-order valence-corrected chi connectivity index (χ1v) is 30.6. The molecule has 0 rings (SSSR count). The average molecular weight is 1010 g/mol. The molecule has 3 unspecified atom stereocenters. The second kappa shape index (κ2) is 52.3. The van der Waals surface area contributed by atoms with Crippen molar-refractivity contribution in [1.29, 1.82) is 0 Å². The number of unbranched alkanes of at least 4 members (excludes halogenated alkanes) is 23. The van der Waals surface area contributed by atoms with E-state index in [1.54, 1.807) is 0 Å². The van der Waals surface area contributed by atoms with E-state index in [0.717, 1.165) is 103 Å². The minimum atomic E-state index is -4.33. The highest BCUT2D eigenvalue weighted by Gasteiger charge is 2.28. The number of likely N-dealkylation sites (N-methyl/N-ethyl adjacent to an activating group) is 1. The number of hydrogen-bond acceptors (Lipinski definition) is 5. The molecule has 0 aromatic rings. The van der Waals surface area contributed by atoms with Crippen LogP contribution in [0, 0.1) is 0 Å². The summed E-state index contributed by atoms with van der Waals surface area (Å²) in [7, 11) is 1.59. The van der Waals surface area contributed by atoms with Crippen molar-refractivity contribution in [1.82, 2.24) is 5.32 Å². The molecule has 410 valence electrons. The summed E-state index contributed by atoms with van der Waals surface area (Å²) in [5.41, 5.74) is 0. The number of carbonyl (C=O) groups excluding carboxylic acids is 1. The van der Waals surface area contributed by atoms with E-state index in [1.165, 1.54) is 109 Å². The average Bonchev–Trinajstić information content (AvgIpc) is 3.33. The molecule has 0 bridgehead atoms. The van der Waals surface area contributed by atoms with Gasteiger partial charge in [0.05, 0.1) is 39.9 Å². The molecule has 0 saturated carbocycles. The molecule has 0 spiro atoms. The molecule has 0 aliphatic heterocycles. The molecular weight excluding hydrogens is 900 g/mol. The van der Waals surface area contributed by atoms with Crippen LogP contribution in [0.5, 0.6) is 0 Å². The number of aliphatic hydroxyl groups excluding tert-OH is 1. The Morgan fingerprint density at radius 3 is 1.24 bits per heavy atom. The number of phosphoric acid groups is 1. The lowest BCUT2D eigenvalue weighted by molar-refractivity contribution is -0.870. The highest BCUT2D eigenvalue weighted by molar-refractivity contribution is 7.47. The van der Waals surface area contributed by atoms with E-state index in [2.05, 4.69) is 116 Å². The monoisotopic (exact) mass is 1010 g/mol. The zero-order valence-electron chi connectivity index (χ0n) is 46.7. The molecule has 1 amide bonds. The summed E-state index contributed by atoms with van der Waals surface area (Å²) in [6.07, 6.45) is 74.5. The lowest BCUT2D eigenvalue weighted by atomic mass is 10.0. The Kier molecular flexibility index (Phi) is 50.4. The van der Waals surface area contributed by atoms with Crippen molar-refractivity contribution in [2.45, 2.75) is 251 Å². The molecule has 0 saturated heterocycles. The summed E-state index contributed by atoms with van der Waals surface area (Å²) in [4.78, 5) is 23.3. The number of aliphatic hydroxyl groups is 1. The molecule has 0 aliphatic carbocycles. The summed E-state index contributed by atoms with van der Waals surface area (Å²) in [5, 5.41) is 14.1. The third-order valence-electron chi connectivity index (χ3n) is 12.6. The van der Waals surface area contributed by atoms with Crippen LogP contribution in [0.3, 0.4) is 0 Å². The fourth-order valence-electron chi connectivity index (χ4n) is 8.06. The number of hydrogen-bond donors (Lipinski definition) is 3. The molecule has 0 radical (unpaired) electrons. The summed E-state index contributed by atoms with van der Waals surface area (Å²) < 4.78 is 23.8. The largest absolute Gasteiger partial charge is 0.472 e. The molecular formula is C62H112N2O6P+. The van der Waals surface area contributed by atoms with Gasteiger partial charge in [-0.2, -0.15) is 0 Å². The molecule has 3 N–H and O–H groups in total. The standard InChI is InChI=1S/C62H111N2O6P/c1-6-8-10-12-14-16-18-20-22-24-26-27-28-29-30-31-32-33-34-35-36-37-38-40-42-44-46-48-50-52-54-56-62(66)63-60(59-70-71(67,68)69-58-57-64(3,4)5)61(65)55-53-51-49-47-45-43-41-39-25-23-21-19-17-15-13-11-9-7-2/h8,10,14,16,20,22,26-27,29-30,32-33,35-36,38,40,60-61,65H,6-7,9,11-13,15,17-19,21,23-25,28,31,34,37,39,41-59H2,1-5H3,(H-,63,66,67,68)/p+1/b10-8-,16-14-,22-20-,27-26-,30-29-,33-32-,36-35-,40-38-. The van der Waals surface area contributed by atoms with Crippen LogP contribution in [0.4, 0.5) is 0 Å². The molecule has 3 atom stereocenters. The third kappa shape index (κ3) is 55.0. The Hall–Kier alpha value is -2.58. The summed E-state index contributed by atoms with van der Waals surface area (Å²) in [6, 6.07) is -0.776. The Bertz CT molecular complexity index is 1470. The van der Waals surface area contributed by atoms with E-state index in [9.17, 15) is 19.4 Å². The highest BCUT2D eigenvalue weighted by atomic mass is 31.2. The van der Waals surface area contributed by atoms with Gasteiger partial charge in [-0.15, -0.1) is 0 Å². The fraction of sp³-hybridized carbons (Fsp3) is 0.726. The van der Waals surface area contributed by atoms with E-state index in [-0.39, 0.29) is 19.1 Å². The van der Waals surface area contributed by atoms with Gasteiger partial charge in [-0.3, -0.25) is 13.8 Å². The quantitative estimate of drug-likeness (QED) is 0.0243. The second-order valence-corrected chi connectivity index (χ2v) is 22.1. The first kappa shape index (κ1) is 68.4. The van der Waals surface area contributed by atoms with Crippen LogP contribution in [0.2, 0.25) is 0 Å². The van der Waals surface area contributed by atoms with Crippen molar-refractivity contribution >= 4 is 13.7 Å². The van der Waals surface area contributed by atoms with Crippen molar-refractivity contribution in [3.8, 4) is 0 Å². The molecule has 0 aromatic heterocycles. The zero-order valence-corrected chi connectivity index (χ0v) is 47.6. The van der Waals surface area contributed by atoms with E-state index in [1.807, 2.05) is 21.1 Å². The maximum Gasteiger partial charge on any atom is 0.472 e. The number of nitrogens with zero attached hydrogens (tertiary/aromatic N) is 1. The Morgan fingerprint density at radius 2 is 0.845 bits per heavy atom. The van der Waals surface area contributed by atoms with Gasteiger partial charge in [0.15, 0.2) is 0 Å². The van der Waals surface area contributed by atoms with Crippen molar-refractivity contribution in [3.05, 3.63) is 97.2 Å². The lowest BCUT2D eigenvalue weighted by Gasteiger charge is -2.26. The Labute approximate surface area is 439 Å². The van der Waals surface area contributed by atoms with Crippen LogP contribution in [0.15, 0.2) is 97.2 Å². The van der Waals surface area contributed by atoms with Gasteiger partial charge in [0.25, 0.3) is 0 Å². The van der Waals surface area contributed by atoms with Crippen LogP contribution in [0.1, 0.15) is 239 Å². The second-order valence-electron chi connectivity index (χ2n) is 20.6. The van der Waals surface area contributed by atoms with Gasteiger partial charge in [-0.25, -0.2) is 4.57 Å². The number of rotatable bonds is 52. The van der Waals surface area contributed by atoms with E-state index >= 15 is 0 Å². The van der Waals surface area contributed by atoms with Crippen molar-refractivity contribution in [3.63, 3.8) is 0 Å². The third-order valence-corrected chi connectivity index (χ3v) is 13.6. The summed E-state index contributed by atoms with van der Waals surface area (Å²) >= 11 is 0. The molecule has 8 nitrogen and oxygen atoms in total. The Balaban J connectivity index is 4.23. The molecule has 0 aliphatic rings. The fourth-order valence-corrected chi connectivity index (χ4v) is 8.80. The van der Waals surface area contributed by atoms with Gasteiger partial charge in [-0.1, -0.05) is 252 Å². The number of quaternary nitrogens is 1. The van der Waals surface area contributed by atoms with E-state index in [0.29, 0.717) is 23.9 Å². The maximum absolute atomic E-state index is 13.0. The molecule has 0 aromatic carbocycles. The first-order chi connectivity index (χ1) is 34.5. The molecule has 0 heterocycles. The van der Waals surface area contributed by atoms with E-state index in [4.69, 9.17) is 9.05 Å². The van der Waals surface area contributed by atoms with Crippen molar-refractivity contribution < 1.29 is 32.9 Å². The normalized spacial score (nSPS) is 14.6. The minimum Gasteiger partial charge on any atom is -0.391 e. The molecule has 9 heteroatoms. The van der Waals surface area contributed by atoms with Crippen LogP contribution in [0.25, 0.3) is 0 Å². The van der Waals surface area contributed by atoms with Crippen LogP contribution in [-0.4, -0.2) is 73.4 Å². The van der Waals surface area contributed by atoms with Crippen molar-refractivity contribution in [2.75, 3.05) is 40.9 Å². The molecule has 0 fully saturated rings. The zero-order chi connectivity index (χ0) is 52.0. The van der Waals surface area contributed by atoms with Gasteiger partial charge < -0.3 is 19.8 Å². The van der Waals surface area contributed by atoms with Gasteiger partial charge in [0, 0.05) is 6.42 Å². The summed E-state index contributed by atoms with van der Waals surface area (Å²) in [5.74, 6) is -0.161. The predicted molar refractivity (Wildman–Crippen MR) is 309 cm³/mol. The number of carbonyl (C=O) groups is 1. The van der Waals surface area contributed by atoms with Gasteiger partial charge in [0.2, 0.25) is 5.91 Å². The lowest BCUT2D eigenvalue weighted by Crippen LogP contribution is -2.46. The Morgan fingerprint density at radius 1 is 0.493 bits per heavy atom. The first-order valence-electron chi connectivity index (χ1n) is 29.1. The van der Waals surface area contributed by atoms with E-state index < -0.39 is 20.0 Å². The minimum absolute atomic E-state index is 0.0668. The topological polar surface area (TPSA) is 105 Å². The molecule has 71 heavy (non-hydrogen) atoms.